The molecule has 0 aromatic carbocycles. The van der Waals surface area contributed by atoms with E-state index in [0.717, 1.165) is 35.4 Å². The first-order valence-corrected chi connectivity index (χ1v) is 7.91. The van der Waals surface area contributed by atoms with Gasteiger partial charge in [-0.3, -0.25) is 4.79 Å². The highest BCUT2D eigenvalue weighted by molar-refractivity contribution is 6.08. The van der Waals surface area contributed by atoms with Gasteiger partial charge in [-0.05, 0) is 52.7 Å². The summed E-state index contributed by atoms with van der Waals surface area (Å²) in [5, 5.41) is 0. The number of Topliss-reactive ketones (excluding diaryl/α,β-unsaturated/α-hetero) is 1. The molecule has 0 saturated carbocycles. The van der Waals surface area contributed by atoms with Crippen molar-refractivity contribution in [1.29, 1.82) is 0 Å². The van der Waals surface area contributed by atoms with E-state index in [2.05, 4.69) is 51.6 Å². The first-order valence-electron chi connectivity index (χ1n) is 7.91. The summed E-state index contributed by atoms with van der Waals surface area (Å²) in [5.41, 5.74) is 9.25. The Labute approximate surface area is 134 Å². The van der Waals surface area contributed by atoms with E-state index in [9.17, 15) is 4.79 Å². The zero-order valence-corrected chi connectivity index (χ0v) is 15.2. The molecule has 0 aliphatic carbocycles. The second-order valence-electron chi connectivity index (χ2n) is 6.68. The molecule has 0 saturated heterocycles. The third-order valence-corrected chi connectivity index (χ3v) is 5.46. The molecular weight excluding hydrogens is 272 g/mol. The van der Waals surface area contributed by atoms with Crippen molar-refractivity contribution < 1.29 is 4.79 Å². The summed E-state index contributed by atoms with van der Waals surface area (Å²) in [7, 11) is 4.11. The van der Waals surface area contributed by atoms with Gasteiger partial charge < -0.3 is 9.80 Å². The van der Waals surface area contributed by atoms with Gasteiger partial charge in [-0.25, -0.2) is 0 Å². The zero-order chi connectivity index (χ0) is 16.8. The number of hydrogen-bond donors (Lipinski definition) is 0. The molecule has 0 atom stereocenters. The standard InChI is InChI=1S/C19H28N2O/c1-11-9-17(20(7)15(11)5)13(3)19(22)14(4)18-10-12(2)16(6)21(18)8/h9-10H2,1-8H3/b17-13+,18-14+. The summed E-state index contributed by atoms with van der Waals surface area (Å²) in [6.45, 7) is 12.4. The van der Waals surface area contributed by atoms with E-state index in [-0.39, 0.29) is 5.78 Å². The number of rotatable bonds is 2. The highest BCUT2D eigenvalue weighted by Crippen LogP contribution is 2.35. The van der Waals surface area contributed by atoms with Crippen molar-refractivity contribution in [3.8, 4) is 0 Å². The van der Waals surface area contributed by atoms with Gasteiger partial charge in [0, 0.05) is 60.9 Å². The summed E-state index contributed by atoms with van der Waals surface area (Å²) < 4.78 is 0. The predicted molar refractivity (Wildman–Crippen MR) is 91.9 cm³/mol. The minimum Gasteiger partial charge on any atom is -0.351 e. The van der Waals surface area contributed by atoms with Gasteiger partial charge in [0.25, 0.3) is 0 Å². The summed E-state index contributed by atoms with van der Waals surface area (Å²) in [4.78, 5) is 17.2. The number of ketones is 1. The molecule has 0 N–H and O–H groups in total. The summed E-state index contributed by atoms with van der Waals surface area (Å²) in [6.07, 6.45) is 1.77. The molecule has 0 fully saturated rings. The van der Waals surface area contributed by atoms with E-state index in [1.165, 1.54) is 22.5 Å². The van der Waals surface area contributed by atoms with Crippen LogP contribution in [0.3, 0.4) is 0 Å². The minimum absolute atomic E-state index is 0.175. The lowest BCUT2D eigenvalue weighted by Crippen LogP contribution is -2.18. The van der Waals surface area contributed by atoms with E-state index in [1.807, 2.05) is 13.8 Å². The predicted octanol–water partition coefficient (Wildman–Crippen LogP) is 4.36. The van der Waals surface area contributed by atoms with Gasteiger partial charge in [-0.1, -0.05) is 0 Å². The maximum Gasteiger partial charge on any atom is 0.187 e. The topological polar surface area (TPSA) is 23.6 Å². The zero-order valence-electron chi connectivity index (χ0n) is 15.2. The lowest BCUT2D eigenvalue weighted by atomic mass is 9.99. The Balaban J connectivity index is 2.34. The fourth-order valence-corrected chi connectivity index (χ4v) is 3.28. The van der Waals surface area contributed by atoms with Gasteiger partial charge in [0.2, 0.25) is 0 Å². The third-order valence-electron chi connectivity index (χ3n) is 5.46. The molecule has 0 aromatic heterocycles. The Morgan fingerprint density at radius 1 is 0.773 bits per heavy atom. The number of nitrogens with zero attached hydrogens (tertiary/aromatic N) is 2. The minimum atomic E-state index is 0.175. The van der Waals surface area contributed by atoms with Gasteiger partial charge in [-0.15, -0.1) is 0 Å². The number of carbonyl (C=O) groups excluding carboxylic acids is 1. The Kier molecular flexibility index (Phi) is 4.37. The number of hydrogen-bond acceptors (Lipinski definition) is 3. The van der Waals surface area contributed by atoms with E-state index in [4.69, 9.17) is 0 Å². The van der Waals surface area contributed by atoms with Crippen LogP contribution in [0, 0.1) is 0 Å². The van der Waals surface area contributed by atoms with Crippen molar-refractivity contribution in [1.82, 2.24) is 9.80 Å². The van der Waals surface area contributed by atoms with Crippen molar-refractivity contribution in [3.05, 3.63) is 45.1 Å². The molecule has 2 aliphatic rings. The maximum atomic E-state index is 12.9. The van der Waals surface area contributed by atoms with Crippen LogP contribution < -0.4 is 0 Å². The quantitative estimate of drug-likeness (QED) is 0.708. The first kappa shape index (κ1) is 16.6. The van der Waals surface area contributed by atoms with Crippen LogP contribution in [0.25, 0.3) is 0 Å². The third kappa shape index (κ3) is 2.53. The maximum absolute atomic E-state index is 12.9. The molecule has 22 heavy (non-hydrogen) atoms. The molecule has 2 aliphatic heterocycles. The molecule has 0 unspecified atom stereocenters. The summed E-state index contributed by atoms with van der Waals surface area (Å²) in [6, 6.07) is 0. The number of allylic oxidation sites excluding steroid dienone is 6. The second kappa shape index (κ2) is 5.79. The van der Waals surface area contributed by atoms with Gasteiger partial charge in [0.15, 0.2) is 5.78 Å². The molecule has 2 rings (SSSR count). The van der Waals surface area contributed by atoms with Crippen LogP contribution in [-0.2, 0) is 4.79 Å². The SMILES string of the molecule is CC1=C(C)N(C)/C(=C(\C)C(=O)/C(C)=C2\CC(C)=C(C)N2C)C1. The van der Waals surface area contributed by atoms with Gasteiger partial charge in [0.1, 0.15) is 0 Å². The molecule has 3 heteroatoms. The van der Waals surface area contributed by atoms with Crippen molar-refractivity contribution in [3.63, 3.8) is 0 Å². The van der Waals surface area contributed by atoms with Crippen molar-refractivity contribution in [2.75, 3.05) is 14.1 Å². The van der Waals surface area contributed by atoms with Crippen LogP contribution in [-0.4, -0.2) is 29.7 Å². The molecule has 0 bridgehead atoms. The lowest BCUT2D eigenvalue weighted by molar-refractivity contribution is -0.112. The molecule has 0 amide bonds. The van der Waals surface area contributed by atoms with E-state index in [1.54, 1.807) is 0 Å². The van der Waals surface area contributed by atoms with Crippen LogP contribution in [0.2, 0.25) is 0 Å². The first-order chi connectivity index (χ1) is 10.2. The second-order valence-corrected chi connectivity index (χ2v) is 6.68. The molecule has 120 valence electrons. The molecule has 3 nitrogen and oxygen atoms in total. The van der Waals surface area contributed by atoms with Gasteiger partial charge in [0.05, 0.1) is 0 Å². The van der Waals surface area contributed by atoms with E-state index < -0.39 is 0 Å². The fraction of sp³-hybridized carbons (Fsp3) is 0.526. The normalized spacial score (nSPS) is 23.8. The van der Waals surface area contributed by atoms with Crippen molar-refractivity contribution >= 4 is 5.78 Å². The van der Waals surface area contributed by atoms with Crippen LogP contribution in [0.5, 0.6) is 0 Å². The fourth-order valence-electron chi connectivity index (χ4n) is 3.28. The lowest BCUT2D eigenvalue weighted by Gasteiger charge is -2.21. The molecular formula is C19H28N2O. The Morgan fingerprint density at radius 3 is 1.32 bits per heavy atom. The van der Waals surface area contributed by atoms with Crippen LogP contribution in [0.1, 0.15) is 54.4 Å². The summed E-state index contributed by atoms with van der Waals surface area (Å²) in [5.74, 6) is 0.175. The van der Waals surface area contributed by atoms with E-state index >= 15 is 0 Å². The van der Waals surface area contributed by atoms with Crippen molar-refractivity contribution in [2.24, 2.45) is 0 Å². The summed E-state index contributed by atoms with van der Waals surface area (Å²) >= 11 is 0. The highest BCUT2D eigenvalue weighted by Gasteiger charge is 2.27. The van der Waals surface area contributed by atoms with E-state index in [0.29, 0.717) is 0 Å². The van der Waals surface area contributed by atoms with Crippen LogP contribution in [0.15, 0.2) is 45.1 Å². The number of carbonyl (C=O) groups is 1. The largest absolute Gasteiger partial charge is 0.351 e. The average Bonchev–Trinajstić information content (AvgIpc) is 2.90. The highest BCUT2D eigenvalue weighted by atomic mass is 16.1. The Hall–Kier alpha value is -1.77. The molecule has 0 radical (unpaired) electrons. The average molecular weight is 300 g/mol. The molecule has 0 aromatic rings. The molecule has 2 heterocycles. The van der Waals surface area contributed by atoms with Gasteiger partial charge >= 0.3 is 0 Å². The van der Waals surface area contributed by atoms with Crippen molar-refractivity contribution in [2.45, 2.75) is 54.4 Å². The Morgan fingerprint density at radius 2 is 1.09 bits per heavy atom. The Bertz CT molecular complexity index is 603. The van der Waals surface area contributed by atoms with Crippen LogP contribution >= 0.6 is 0 Å². The smallest absolute Gasteiger partial charge is 0.187 e. The van der Waals surface area contributed by atoms with Gasteiger partial charge in [-0.2, -0.15) is 0 Å². The molecule has 0 spiro atoms. The monoisotopic (exact) mass is 300 g/mol. The van der Waals surface area contributed by atoms with Crippen LogP contribution in [0.4, 0.5) is 0 Å².